The molecule has 4 rings (SSSR count). The van der Waals surface area contributed by atoms with Gasteiger partial charge in [-0.05, 0) is 84.3 Å². The molecular weight excluding hydrogens is 497 g/mol. The highest BCUT2D eigenvalue weighted by Gasteiger charge is 2.30. The molecule has 0 radical (unpaired) electrons. The van der Waals surface area contributed by atoms with E-state index < -0.39 is 11.5 Å². The van der Waals surface area contributed by atoms with Gasteiger partial charge < -0.3 is 14.9 Å². The van der Waals surface area contributed by atoms with E-state index in [2.05, 4.69) is 20.6 Å². The Morgan fingerprint density at radius 1 is 1.27 bits per heavy atom. The number of nitrogens with zero attached hydrogens (tertiary/aromatic N) is 4. The summed E-state index contributed by atoms with van der Waals surface area (Å²) < 4.78 is 20.7. The third kappa shape index (κ3) is 7.08. The highest BCUT2D eigenvalue weighted by Crippen LogP contribution is 2.35. The number of ether oxygens (including phenoxy) is 1. The summed E-state index contributed by atoms with van der Waals surface area (Å²) in [5.41, 5.74) is 1.95. The lowest BCUT2D eigenvalue weighted by Crippen LogP contribution is -2.33. The predicted molar refractivity (Wildman–Crippen MR) is 143 cm³/mol. The molecule has 0 unspecified atom stereocenters. The third-order valence-electron chi connectivity index (χ3n) is 6.95. The first-order chi connectivity index (χ1) is 17.6. The second-order valence-corrected chi connectivity index (χ2v) is 11.4. The van der Waals surface area contributed by atoms with E-state index in [1.807, 2.05) is 20.8 Å². The van der Waals surface area contributed by atoms with Crippen LogP contribution in [-0.4, -0.2) is 45.8 Å². The van der Waals surface area contributed by atoms with E-state index in [1.165, 1.54) is 10.7 Å². The summed E-state index contributed by atoms with van der Waals surface area (Å²) >= 11 is 6.47. The number of oxime groups is 1. The normalized spacial score (nSPS) is 23.1. The zero-order chi connectivity index (χ0) is 26.6. The Balaban J connectivity index is 1.46. The van der Waals surface area contributed by atoms with Crippen LogP contribution in [0.1, 0.15) is 76.6 Å². The van der Waals surface area contributed by atoms with E-state index >= 15 is 0 Å². The molecule has 1 aliphatic heterocycles. The SMILES string of the molecule is Cc1nc(F)ccc1/C(=N/OC(C)(C)C)C1CCC(n2ncc(NC[C@H]3CCCOC3)c(Cl)c2=O)CC1. The lowest BCUT2D eigenvalue weighted by atomic mass is 9.81. The second-order valence-electron chi connectivity index (χ2n) is 11.0. The van der Waals surface area contributed by atoms with Crippen molar-refractivity contribution in [1.82, 2.24) is 14.8 Å². The predicted octanol–water partition coefficient (Wildman–Crippen LogP) is 5.53. The number of anilines is 1. The number of aryl methyl sites for hydroxylation is 1. The van der Waals surface area contributed by atoms with Gasteiger partial charge in [-0.2, -0.15) is 9.49 Å². The van der Waals surface area contributed by atoms with Crippen LogP contribution in [0.25, 0.3) is 0 Å². The van der Waals surface area contributed by atoms with Gasteiger partial charge in [-0.25, -0.2) is 9.67 Å². The second kappa shape index (κ2) is 11.9. The van der Waals surface area contributed by atoms with Gasteiger partial charge in [0.2, 0.25) is 5.95 Å². The molecule has 1 aliphatic carbocycles. The smallest absolute Gasteiger partial charge is 0.287 e. The Kier molecular flexibility index (Phi) is 8.85. The molecule has 0 amide bonds. The monoisotopic (exact) mass is 533 g/mol. The molecule has 1 saturated heterocycles. The summed E-state index contributed by atoms with van der Waals surface area (Å²) in [6, 6.07) is 3.01. The van der Waals surface area contributed by atoms with Crippen LogP contribution in [-0.2, 0) is 9.57 Å². The first kappa shape index (κ1) is 27.5. The molecule has 3 heterocycles. The fraction of sp³-hybridized carbons (Fsp3) is 0.630. The minimum absolute atomic E-state index is 0.0562. The van der Waals surface area contributed by atoms with Crippen LogP contribution in [0.3, 0.4) is 0 Å². The first-order valence-corrected chi connectivity index (χ1v) is 13.5. The molecule has 2 fully saturated rings. The zero-order valence-corrected chi connectivity index (χ0v) is 22.9. The van der Waals surface area contributed by atoms with E-state index in [4.69, 9.17) is 21.2 Å². The summed E-state index contributed by atoms with van der Waals surface area (Å²) in [4.78, 5) is 22.8. The number of hydrogen-bond donors (Lipinski definition) is 1. The Labute approximate surface area is 222 Å². The maximum Gasteiger partial charge on any atom is 0.287 e. The molecule has 1 saturated carbocycles. The van der Waals surface area contributed by atoms with E-state index in [0.717, 1.165) is 63.0 Å². The Morgan fingerprint density at radius 3 is 2.68 bits per heavy atom. The molecule has 10 heteroatoms. The lowest BCUT2D eigenvalue weighted by molar-refractivity contribution is -0.000104. The molecule has 0 aromatic carbocycles. The molecule has 0 bridgehead atoms. The standard InChI is InChI=1S/C27H37ClFN5O3/c1-17-21(11-12-23(29)32-17)25(33-37-27(2,3)4)19-7-9-20(10-8-19)34-26(35)24(28)22(15-31-34)30-14-18-6-5-13-36-16-18/h11-12,15,18-20,30H,5-10,13-14,16H2,1-4H3/b33-25+/t18-,19?,20?/m1/s1. The molecule has 0 spiro atoms. The number of halogens is 2. The van der Waals surface area contributed by atoms with Crippen molar-refractivity contribution in [3.8, 4) is 0 Å². The van der Waals surface area contributed by atoms with Crippen LogP contribution in [0.2, 0.25) is 5.02 Å². The van der Waals surface area contributed by atoms with Gasteiger partial charge in [-0.1, -0.05) is 16.8 Å². The van der Waals surface area contributed by atoms with Crippen molar-refractivity contribution in [3.05, 3.63) is 50.9 Å². The van der Waals surface area contributed by atoms with Crippen molar-refractivity contribution in [2.24, 2.45) is 17.0 Å². The number of pyridine rings is 1. The number of rotatable bonds is 7. The molecule has 202 valence electrons. The fourth-order valence-corrected chi connectivity index (χ4v) is 5.18. The Bertz CT molecular complexity index is 1170. The third-order valence-corrected chi connectivity index (χ3v) is 7.32. The Morgan fingerprint density at radius 2 is 2.03 bits per heavy atom. The van der Waals surface area contributed by atoms with E-state index in [1.54, 1.807) is 19.2 Å². The van der Waals surface area contributed by atoms with Crippen LogP contribution in [0.4, 0.5) is 10.1 Å². The Hall–Kier alpha value is -2.52. The summed E-state index contributed by atoms with van der Waals surface area (Å²) in [6.45, 7) is 9.82. The molecular formula is C27H37ClFN5O3. The van der Waals surface area contributed by atoms with Gasteiger partial charge in [-0.15, -0.1) is 0 Å². The lowest BCUT2D eigenvalue weighted by Gasteiger charge is -2.30. The fourth-order valence-electron chi connectivity index (χ4n) is 4.98. The summed E-state index contributed by atoms with van der Waals surface area (Å²) in [5, 5.41) is 12.4. The molecule has 8 nitrogen and oxygen atoms in total. The average molecular weight is 534 g/mol. The van der Waals surface area contributed by atoms with Crippen molar-refractivity contribution in [2.75, 3.05) is 25.1 Å². The molecule has 2 aromatic heterocycles. The van der Waals surface area contributed by atoms with Gasteiger partial charge >= 0.3 is 0 Å². The summed E-state index contributed by atoms with van der Waals surface area (Å²) in [6.07, 6.45) is 6.83. The average Bonchev–Trinajstić information content (AvgIpc) is 2.86. The van der Waals surface area contributed by atoms with E-state index in [9.17, 15) is 9.18 Å². The van der Waals surface area contributed by atoms with Crippen molar-refractivity contribution in [1.29, 1.82) is 0 Å². The number of nitrogens with one attached hydrogen (secondary N) is 1. The molecule has 1 N–H and O–H groups in total. The molecule has 2 aromatic rings. The van der Waals surface area contributed by atoms with Crippen LogP contribution in [0.5, 0.6) is 0 Å². The maximum absolute atomic E-state index is 13.7. The summed E-state index contributed by atoms with van der Waals surface area (Å²) in [5.74, 6) is -0.0247. The largest absolute Gasteiger partial charge is 0.390 e. The topological polar surface area (TPSA) is 90.6 Å². The minimum atomic E-state index is -0.520. The highest BCUT2D eigenvalue weighted by molar-refractivity contribution is 6.32. The highest BCUT2D eigenvalue weighted by atomic mass is 35.5. The maximum atomic E-state index is 13.7. The van der Waals surface area contributed by atoms with Crippen LogP contribution >= 0.6 is 11.6 Å². The zero-order valence-electron chi connectivity index (χ0n) is 22.1. The van der Waals surface area contributed by atoms with Gasteiger partial charge in [0, 0.05) is 30.3 Å². The van der Waals surface area contributed by atoms with E-state index in [-0.39, 0.29) is 22.5 Å². The number of aromatic nitrogens is 3. The molecule has 1 atom stereocenters. The molecule has 37 heavy (non-hydrogen) atoms. The first-order valence-electron chi connectivity index (χ1n) is 13.1. The molecule has 2 aliphatic rings. The van der Waals surface area contributed by atoms with Gasteiger partial charge in [-0.3, -0.25) is 4.79 Å². The van der Waals surface area contributed by atoms with Gasteiger partial charge in [0.05, 0.1) is 30.2 Å². The van der Waals surface area contributed by atoms with Gasteiger partial charge in [0.1, 0.15) is 10.6 Å². The van der Waals surface area contributed by atoms with Crippen molar-refractivity contribution >= 4 is 23.0 Å². The van der Waals surface area contributed by atoms with Crippen LogP contribution < -0.4 is 10.9 Å². The van der Waals surface area contributed by atoms with Gasteiger partial charge in [0.25, 0.3) is 5.56 Å². The quantitative estimate of drug-likeness (QED) is 0.286. The summed E-state index contributed by atoms with van der Waals surface area (Å²) in [7, 11) is 0. The minimum Gasteiger partial charge on any atom is -0.390 e. The van der Waals surface area contributed by atoms with Crippen molar-refractivity contribution in [2.45, 2.75) is 77.9 Å². The van der Waals surface area contributed by atoms with Crippen LogP contribution in [0, 0.1) is 24.7 Å². The van der Waals surface area contributed by atoms with Gasteiger partial charge in [0.15, 0.2) is 0 Å². The van der Waals surface area contributed by atoms with Crippen LogP contribution in [0.15, 0.2) is 28.3 Å². The number of hydrogen-bond acceptors (Lipinski definition) is 7. The van der Waals surface area contributed by atoms with Crippen molar-refractivity contribution < 1.29 is 14.0 Å². The van der Waals surface area contributed by atoms with E-state index in [0.29, 0.717) is 23.8 Å². The van der Waals surface area contributed by atoms with Crippen molar-refractivity contribution in [3.63, 3.8) is 0 Å².